The van der Waals surface area contributed by atoms with Gasteiger partial charge in [-0.05, 0) is 18.6 Å². The molecule has 1 amide bonds. The molecule has 29 heavy (non-hydrogen) atoms. The molecule has 9 heteroatoms. The van der Waals surface area contributed by atoms with Crippen LogP contribution in [0.1, 0.15) is 11.3 Å². The quantitative estimate of drug-likeness (QED) is 0.571. The smallest absolute Gasteiger partial charge is 0.294 e. The van der Waals surface area contributed by atoms with Crippen molar-refractivity contribution >= 4 is 29.1 Å². The summed E-state index contributed by atoms with van der Waals surface area (Å²) in [5.41, 5.74) is 7.87. The van der Waals surface area contributed by atoms with Gasteiger partial charge in [-0.15, -0.1) is 0 Å². The van der Waals surface area contributed by atoms with Crippen molar-refractivity contribution in [2.75, 3.05) is 18.1 Å². The molecule has 2 aromatic heterocycles. The predicted molar refractivity (Wildman–Crippen MR) is 114 cm³/mol. The first-order chi connectivity index (χ1) is 13.9. The largest absolute Gasteiger partial charge is 0.384 e. The molecule has 1 aromatic carbocycles. The summed E-state index contributed by atoms with van der Waals surface area (Å²) in [4.78, 5) is 33.7. The van der Waals surface area contributed by atoms with Crippen LogP contribution < -0.4 is 21.9 Å². The Morgan fingerprint density at radius 2 is 1.90 bits per heavy atom. The Bertz CT molecular complexity index is 1100. The Balaban J connectivity index is 1.90. The highest BCUT2D eigenvalue weighted by Crippen LogP contribution is 2.26. The standard InChI is InChI=1S/C20H21ClN6O2/c1-12-14(8-9-15(22)25-12)10-24-16(28)11-27-17(13-6-4-3-5-7-13)18(21)26-19(23-2)20(27)29/h3-9H,10-11H2,1-2H3,(H2,22,25)(H,23,26)(H,24,28). The van der Waals surface area contributed by atoms with Crippen LogP contribution in [0.5, 0.6) is 0 Å². The van der Waals surface area contributed by atoms with E-state index in [1.54, 1.807) is 25.2 Å². The lowest BCUT2D eigenvalue weighted by Crippen LogP contribution is -2.34. The highest BCUT2D eigenvalue weighted by Gasteiger charge is 2.18. The highest BCUT2D eigenvalue weighted by atomic mass is 35.5. The van der Waals surface area contributed by atoms with E-state index < -0.39 is 5.56 Å². The zero-order valence-electron chi connectivity index (χ0n) is 16.1. The molecule has 0 saturated heterocycles. The molecular formula is C20H21ClN6O2. The minimum absolute atomic E-state index is 0.0704. The molecule has 0 fully saturated rings. The number of aryl methyl sites for hydroxylation is 1. The van der Waals surface area contributed by atoms with Gasteiger partial charge in [0.15, 0.2) is 11.0 Å². The van der Waals surface area contributed by atoms with E-state index in [1.807, 2.05) is 31.2 Å². The summed E-state index contributed by atoms with van der Waals surface area (Å²) in [7, 11) is 1.57. The number of amides is 1. The van der Waals surface area contributed by atoms with Crippen molar-refractivity contribution in [1.82, 2.24) is 19.9 Å². The first-order valence-corrected chi connectivity index (χ1v) is 9.30. The second-order valence-corrected chi connectivity index (χ2v) is 6.72. The van der Waals surface area contributed by atoms with Crippen LogP contribution in [0.25, 0.3) is 11.3 Å². The molecule has 2 heterocycles. The van der Waals surface area contributed by atoms with Crippen LogP contribution in [0.2, 0.25) is 5.15 Å². The third-order valence-corrected chi connectivity index (χ3v) is 4.67. The Morgan fingerprint density at radius 3 is 2.55 bits per heavy atom. The van der Waals surface area contributed by atoms with Crippen LogP contribution in [-0.2, 0) is 17.9 Å². The molecule has 0 saturated carbocycles. The first kappa shape index (κ1) is 20.3. The maximum absolute atomic E-state index is 12.8. The van der Waals surface area contributed by atoms with Crippen molar-refractivity contribution in [2.45, 2.75) is 20.0 Å². The SMILES string of the molecule is CNc1nc(Cl)c(-c2ccccc2)n(CC(=O)NCc2ccc(N)nc2C)c1=O. The fourth-order valence-corrected chi connectivity index (χ4v) is 3.21. The number of hydrogen-bond donors (Lipinski definition) is 3. The van der Waals surface area contributed by atoms with Gasteiger partial charge in [-0.1, -0.05) is 48.0 Å². The van der Waals surface area contributed by atoms with E-state index in [0.717, 1.165) is 11.3 Å². The lowest BCUT2D eigenvalue weighted by Gasteiger charge is -2.16. The normalized spacial score (nSPS) is 10.6. The molecule has 0 radical (unpaired) electrons. The number of nitrogens with two attached hydrogens (primary N) is 1. The zero-order valence-corrected chi connectivity index (χ0v) is 16.8. The average Bonchev–Trinajstić information content (AvgIpc) is 2.70. The molecule has 3 rings (SSSR count). The molecule has 0 atom stereocenters. The fraction of sp³-hybridized carbons (Fsp3) is 0.200. The monoisotopic (exact) mass is 412 g/mol. The molecule has 0 spiro atoms. The molecule has 8 nitrogen and oxygen atoms in total. The Hall–Kier alpha value is -3.39. The highest BCUT2D eigenvalue weighted by molar-refractivity contribution is 6.32. The topological polar surface area (TPSA) is 115 Å². The third-order valence-electron chi connectivity index (χ3n) is 4.40. The number of carbonyl (C=O) groups excluding carboxylic acids is 1. The van der Waals surface area contributed by atoms with Crippen LogP contribution in [-0.4, -0.2) is 27.5 Å². The Morgan fingerprint density at radius 1 is 1.17 bits per heavy atom. The van der Waals surface area contributed by atoms with E-state index in [1.165, 1.54) is 4.57 Å². The second kappa shape index (κ2) is 8.74. The van der Waals surface area contributed by atoms with Gasteiger partial charge in [0, 0.05) is 24.8 Å². The summed E-state index contributed by atoms with van der Waals surface area (Å²) in [6.45, 7) is 1.88. The lowest BCUT2D eigenvalue weighted by molar-refractivity contribution is -0.121. The molecule has 0 aliphatic carbocycles. The van der Waals surface area contributed by atoms with Crippen molar-refractivity contribution < 1.29 is 4.79 Å². The summed E-state index contributed by atoms with van der Waals surface area (Å²) in [5.74, 6) is 0.147. The molecule has 150 valence electrons. The van der Waals surface area contributed by atoms with Gasteiger partial charge in [-0.3, -0.25) is 14.2 Å². The van der Waals surface area contributed by atoms with Gasteiger partial charge in [-0.2, -0.15) is 0 Å². The van der Waals surface area contributed by atoms with E-state index in [4.69, 9.17) is 17.3 Å². The summed E-state index contributed by atoms with van der Waals surface area (Å²) in [5, 5.41) is 5.66. The molecule has 0 unspecified atom stereocenters. The van der Waals surface area contributed by atoms with Crippen LogP contribution in [0.4, 0.5) is 11.6 Å². The number of nitrogen functional groups attached to an aromatic ring is 1. The van der Waals surface area contributed by atoms with Crippen LogP contribution >= 0.6 is 11.6 Å². The number of benzene rings is 1. The van der Waals surface area contributed by atoms with E-state index >= 15 is 0 Å². The van der Waals surface area contributed by atoms with Gasteiger partial charge in [0.1, 0.15) is 12.4 Å². The Labute approximate surface area is 172 Å². The molecule has 0 aliphatic rings. The van der Waals surface area contributed by atoms with Crippen molar-refractivity contribution in [2.24, 2.45) is 0 Å². The number of halogens is 1. The number of nitrogens with one attached hydrogen (secondary N) is 2. The summed E-state index contributed by atoms with van der Waals surface area (Å²) in [6.07, 6.45) is 0. The van der Waals surface area contributed by atoms with Crippen LogP contribution in [0.15, 0.2) is 47.3 Å². The molecule has 0 bridgehead atoms. The fourth-order valence-electron chi connectivity index (χ4n) is 2.91. The van der Waals surface area contributed by atoms with Gasteiger partial charge in [0.05, 0.1) is 5.69 Å². The van der Waals surface area contributed by atoms with Crippen molar-refractivity contribution in [3.63, 3.8) is 0 Å². The van der Waals surface area contributed by atoms with Crippen LogP contribution in [0, 0.1) is 6.92 Å². The first-order valence-electron chi connectivity index (χ1n) is 8.93. The van der Waals surface area contributed by atoms with Crippen LogP contribution in [0.3, 0.4) is 0 Å². The molecule has 3 aromatic rings. The number of nitrogens with zero attached hydrogens (tertiary/aromatic N) is 3. The number of hydrogen-bond acceptors (Lipinski definition) is 6. The van der Waals surface area contributed by atoms with Gasteiger partial charge in [0.25, 0.3) is 5.56 Å². The van der Waals surface area contributed by atoms with E-state index in [-0.39, 0.29) is 30.0 Å². The average molecular weight is 413 g/mol. The summed E-state index contributed by atoms with van der Waals surface area (Å²) in [6, 6.07) is 12.6. The minimum Gasteiger partial charge on any atom is -0.384 e. The number of pyridine rings is 1. The molecule has 4 N–H and O–H groups in total. The molecule has 0 aliphatic heterocycles. The van der Waals surface area contributed by atoms with Gasteiger partial charge in [0.2, 0.25) is 5.91 Å². The van der Waals surface area contributed by atoms with Gasteiger partial charge >= 0.3 is 0 Å². The zero-order chi connectivity index (χ0) is 21.0. The minimum atomic E-state index is -0.434. The Kier molecular flexibility index (Phi) is 6.13. The van der Waals surface area contributed by atoms with E-state index in [9.17, 15) is 9.59 Å². The lowest BCUT2D eigenvalue weighted by atomic mass is 10.1. The third kappa shape index (κ3) is 4.55. The summed E-state index contributed by atoms with van der Waals surface area (Å²) >= 11 is 6.35. The second-order valence-electron chi connectivity index (χ2n) is 6.36. The number of anilines is 2. The van der Waals surface area contributed by atoms with Gasteiger partial charge in [-0.25, -0.2) is 9.97 Å². The van der Waals surface area contributed by atoms with Crippen molar-refractivity contribution in [1.29, 1.82) is 0 Å². The molecular weight excluding hydrogens is 392 g/mol. The van der Waals surface area contributed by atoms with E-state index in [0.29, 0.717) is 17.1 Å². The predicted octanol–water partition coefficient (Wildman–Crippen LogP) is 2.21. The maximum atomic E-state index is 12.8. The van der Waals surface area contributed by atoms with E-state index in [2.05, 4.69) is 20.6 Å². The van der Waals surface area contributed by atoms with Gasteiger partial charge < -0.3 is 16.4 Å². The number of aromatic nitrogens is 3. The number of carbonyl (C=O) groups is 1. The summed E-state index contributed by atoms with van der Waals surface area (Å²) < 4.78 is 1.32. The number of rotatable bonds is 6. The van der Waals surface area contributed by atoms with Crippen molar-refractivity contribution in [3.05, 3.63) is 69.2 Å². The maximum Gasteiger partial charge on any atom is 0.294 e. The van der Waals surface area contributed by atoms with Crippen molar-refractivity contribution in [3.8, 4) is 11.3 Å².